The van der Waals surface area contributed by atoms with Crippen molar-refractivity contribution >= 4 is 0 Å². The molecule has 1 aliphatic heterocycles. The molecule has 136 valence electrons. The van der Waals surface area contributed by atoms with Crippen LogP contribution in [0.1, 0.15) is 23.8 Å². The Hall–Kier alpha value is -3.03. The molecule has 1 aliphatic rings. The molecule has 1 aromatic heterocycles. The zero-order valence-corrected chi connectivity index (χ0v) is 14.5. The highest BCUT2D eigenvalue weighted by Gasteiger charge is 2.36. The summed E-state index contributed by atoms with van der Waals surface area (Å²) < 4.78 is 13.0. The number of aromatic amines is 1. The number of nitrogens with zero attached hydrogens (tertiary/aromatic N) is 4. The second-order valence-corrected chi connectivity index (χ2v) is 6.19. The first-order chi connectivity index (χ1) is 12.5. The van der Waals surface area contributed by atoms with E-state index < -0.39 is 29.6 Å². The Morgan fingerprint density at radius 3 is 2.85 bits per heavy atom. The number of H-pyrrole nitrogens is 1. The molecule has 0 amide bonds. The molecule has 1 saturated heterocycles. The predicted octanol–water partition coefficient (Wildman–Crippen LogP) is 2.20. The van der Waals surface area contributed by atoms with Crippen molar-refractivity contribution in [1.82, 2.24) is 9.55 Å². The molecule has 1 unspecified atom stereocenters. The minimum Gasteiger partial charge on any atom is -0.491 e. The Morgan fingerprint density at radius 2 is 2.12 bits per heavy atom. The molecular weight excluding hydrogens is 338 g/mol. The van der Waals surface area contributed by atoms with Gasteiger partial charge in [0.25, 0.3) is 5.56 Å². The van der Waals surface area contributed by atoms with Crippen LogP contribution in [0, 0.1) is 13.8 Å². The van der Waals surface area contributed by atoms with Crippen LogP contribution >= 0.6 is 0 Å². The van der Waals surface area contributed by atoms with Crippen molar-refractivity contribution in [2.75, 3.05) is 6.61 Å². The maximum absolute atomic E-state index is 12.1. The van der Waals surface area contributed by atoms with Gasteiger partial charge in [-0.05, 0) is 31.0 Å². The van der Waals surface area contributed by atoms with Crippen molar-refractivity contribution in [3.8, 4) is 5.75 Å². The zero-order valence-electron chi connectivity index (χ0n) is 14.5. The lowest BCUT2D eigenvalue weighted by atomic mass is 10.1. The van der Waals surface area contributed by atoms with Gasteiger partial charge in [-0.25, -0.2) is 4.79 Å². The molecule has 2 aromatic rings. The lowest BCUT2D eigenvalue weighted by molar-refractivity contribution is -0.0225. The number of para-hydroxylation sites is 1. The topological polar surface area (TPSA) is 122 Å². The lowest BCUT2D eigenvalue weighted by Crippen LogP contribution is -2.33. The molecule has 0 radical (unpaired) electrons. The monoisotopic (exact) mass is 357 g/mol. The Labute approximate surface area is 148 Å². The molecule has 1 aromatic carbocycles. The fraction of sp³-hybridized carbons (Fsp3) is 0.412. The van der Waals surface area contributed by atoms with Crippen LogP contribution in [0.3, 0.4) is 0 Å². The summed E-state index contributed by atoms with van der Waals surface area (Å²) in [5.41, 5.74) is 9.19. The Kier molecular flexibility index (Phi) is 5.11. The van der Waals surface area contributed by atoms with Gasteiger partial charge < -0.3 is 9.47 Å². The van der Waals surface area contributed by atoms with Crippen molar-refractivity contribution in [1.29, 1.82) is 0 Å². The molecule has 26 heavy (non-hydrogen) atoms. The van der Waals surface area contributed by atoms with Gasteiger partial charge in [0.1, 0.15) is 24.7 Å². The van der Waals surface area contributed by atoms with E-state index in [1.165, 1.54) is 10.8 Å². The molecule has 0 saturated carbocycles. The normalized spacial score (nSPS) is 22.0. The Morgan fingerprint density at radius 1 is 1.35 bits per heavy atom. The number of aryl methyl sites for hydroxylation is 2. The summed E-state index contributed by atoms with van der Waals surface area (Å²) in [6.45, 7) is 3.72. The van der Waals surface area contributed by atoms with Crippen LogP contribution in [-0.2, 0) is 4.74 Å². The highest BCUT2D eigenvalue weighted by atomic mass is 16.6. The van der Waals surface area contributed by atoms with E-state index in [4.69, 9.17) is 15.0 Å². The number of nitrogens with one attached hydrogen (secondary N) is 1. The van der Waals surface area contributed by atoms with Crippen molar-refractivity contribution in [2.45, 2.75) is 38.6 Å². The average Bonchev–Trinajstić information content (AvgIpc) is 3.00. The van der Waals surface area contributed by atoms with Crippen LogP contribution in [0.15, 0.2) is 45.2 Å². The van der Waals surface area contributed by atoms with Crippen LogP contribution in [0.5, 0.6) is 5.75 Å². The average molecular weight is 357 g/mol. The number of hydrogen-bond acceptors (Lipinski definition) is 5. The van der Waals surface area contributed by atoms with Crippen LogP contribution in [0.25, 0.3) is 10.4 Å². The van der Waals surface area contributed by atoms with Crippen molar-refractivity contribution in [3.05, 3.63) is 72.9 Å². The summed E-state index contributed by atoms with van der Waals surface area (Å²) in [5.74, 6) is 0.719. The number of ether oxygens (including phenoxy) is 2. The van der Waals surface area contributed by atoms with Crippen LogP contribution < -0.4 is 16.0 Å². The van der Waals surface area contributed by atoms with Crippen molar-refractivity contribution in [2.24, 2.45) is 5.11 Å². The van der Waals surface area contributed by atoms with Gasteiger partial charge in [-0.2, -0.15) is 0 Å². The smallest absolute Gasteiger partial charge is 0.330 e. The minimum atomic E-state index is -0.640. The van der Waals surface area contributed by atoms with Crippen LogP contribution in [0.2, 0.25) is 0 Å². The van der Waals surface area contributed by atoms with E-state index in [-0.39, 0.29) is 6.61 Å². The number of aromatic nitrogens is 2. The van der Waals surface area contributed by atoms with E-state index in [0.717, 1.165) is 11.3 Å². The van der Waals surface area contributed by atoms with Crippen molar-refractivity contribution < 1.29 is 9.47 Å². The summed E-state index contributed by atoms with van der Waals surface area (Å²) in [7, 11) is 0. The molecule has 0 spiro atoms. The van der Waals surface area contributed by atoms with Gasteiger partial charge in [0.15, 0.2) is 0 Å². The fourth-order valence-corrected chi connectivity index (χ4v) is 2.91. The van der Waals surface area contributed by atoms with Gasteiger partial charge >= 0.3 is 5.69 Å². The molecule has 0 bridgehead atoms. The molecule has 9 nitrogen and oxygen atoms in total. The highest BCUT2D eigenvalue weighted by Crippen LogP contribution is 2.31. The zero-order chi connectivity index (χ0) is 18.7. The van der Waals surface area contributed by atoms with E-state index in [1.54, 1.807) is 6.92 Å². The first-order valence-corrected chi connectivity index (χ1v) is 8.19. The predicted molar refractivity (Wildman–Crippen MR) is 94.2 cm³/mol. The third kappa shape index (κ3) is 3.63. The van der Waals surface area contributed by atoms with Gasteiger partial charge in [0.05, 0.1) is 6.04 Å². The van der Waals surface area contributed by atoms with E-state index in [9.17, 15) is 9.59 Å². The summed E-state index contributed by atoms with van der Waals surface area (Å²) in [5, 5.41) is 3.77. The molecule has 0 aliphatic carbocycles. The van der Waals surface area contributed by atoms with Crippen molar-refractivity contribution in [3.63, 3.8) is 0 Å². The quantitative estimate of drug-likeness (QED) is 0.500. The number of rotatable bonds is 5. The molecular formula is C17H19N5O4. The summed E-state index contributed by atoms with van der Waals surface area (Å²) in [6, 6.07) is 7.08. The lowest BCUT2D eigenvalue weighted by Gasteiger charge is -2.18. The third-order valence-corrected chi connectivity index (χ3v) is 4.36. The number of azide groups is 1. The van der Waals surface area contributed by atoms with Crippen LogP contribution in [0.4, 0.5) is 0 Å². The molecule has 2 heterocycles. The molecule has 3 atom stereocenters. The standard InChI is InChI=1S/C17H19N5O4/c1-10-5-3-4-6-13(10)25-9-14-12(20-21-18)7-15(26-14)22-8-11(2)16(23)19-17(22)24/h3-6,8,12,14-15H,7,9H2,1-2H3,(H,19,23,24)/t12?,14-,15-/m1/s1. The second-order valence-electron chi connectivity index (χ2n) is 6.19. The summed E-state index contributed by atoms with van der Waals surface area (Å²) >= 11 is 0. The van der Waals surface area contributed by atoms with Gasteiger partial charge in [0, 0.05) is 23.1 Å². The van der Waals surface area contributed by atoms with E-state index in [1.807, 2.05) is 31.2 Å². The van der Waals surface area contributed by atoms with E-state index >= 15 is 0 Å². The SMILES string of the molecule is Cc1ccccc1OC[C@H]1O[C@@H](n2cc(C)c(=O)[nH]c2=O)CC1N=[N+]=[N-]. The van der Waals surface area contributed by atoms with E-state index in [2.05, 4.69) is 15.0 Å². The maximum atomic E-state index is 12.1. The Bertz CT molecular complexity index is 960. The summed E-state index contributed by atoms with van der Waals surface area (Å²) in [6.07, 6.45) is 0.620. The minimum absolute atomic E-state index is 0.183. The van der Waals surface area contributed by atoms with Gasteiger partial charge in [-0.3, -0.25) is 14.3 Å². The largest absolute Gasteiger partial charge is 0.491 e. The third-order valence-electron chi connectivity index (χ3n) is 4.36. The highest BCUT2D eigenvalue weighted by molar-refractivity contribution is 5.31. The molecule has 3 rings (SSSR count). The fourth-order valence-electron chi connectivity index (χ4n) is 2.91. The van der Waals surface area contributed by atoms with Gasteiger partial charge in [0.2, 0.25) is 0 Å². The molecule has 1 fully saturated rings. The molecule has 1 N–H and O–H groups in total. The molecule has 9 heteroatoms. The van der Waals surface area contributed by atoms with E-state index in [0.29, 0.717) is 12.0 Å². The first kappa shape index (κ1) is 17.8. The first-order valence-electron chi connectivity index (χ1n) is 8.19. The Balaban J connectivity index is 1.79. The number of benzene rings is 1. The second kappa shape index (κ2) is 7.47. The summed E-state index contributed by atoms with van der Waals surface area (Å²) in [4.78, 5) is 28.7. The number of hydrogen-bond donors (Lipinski definition) is 1. The van der Waals surface area contributed by atoms with Gasteiger partial charge in [-0.15, -0.1) is 0 Å². The van der Waals surface area contributed by atoms with Crippen LogP contribution in [-0.4, -0.2) is 28.3 Å². The maximum Gasteiger partial charge on any atom is 0.330 e. The van der Waals surface area contributed by atoms with Gasteiger partial charge in [-0.1, -0.05) is 23.3 Å².